The van der Waals surface area contributed by atoms with Gasteiger partial charge < -0.3 is 10.2 Å². The van der Waals surface area contributed by atoms with Crippen molar-refractivity contribution in [2.45, 2.75) is 12.6 Å². The monoisotopic (exact) mass is 359 g/mol. The van der Waals surface area contributed by atoms with Gasteiger partial charge in [-0.3, -0.25) is 9.69 Å². The van der Waals surface area contributed by atoms with Crippen LogP contribution in [0.2, 0.25) is 5.02 Å². The molecule has 1 atom stereocenters. The Kier molecular flexibility index (Phi) is 5.43. The van der Waals surface area contributed by atoms with Crippen LogP contribution in [0.15, 0.2) is 22.7 Å². The van der Waals surface area contributed by atoms with Gasteiger partial charge in [-0.25, -0.2) is 0 Å². The van der Waals surface area contributed by atoms with Gasteiger partial charge in [0.05, 0.1) is 5.02 Å². The normalized spacial score (nSPS) is 19.9. The molecule has 0 saturated carbocycles. The van der Waals surface area contributed by atoms with Gasteiger partial charge in [0.25, 0.3) is 0 Å². The predicted octanol–water partition coefficient (Wildman–Crippen LogP) is 1.96. The number of rotatable bonds is 3. The van der Waals surface area contributed by atoms with Crippen LogP contribution in [0.4, 0.5) is 0 Å². The van der Waals surface area contributed by atoms with E-state index in [9.17, 15) is 4.79 Å². The number of piperazine rings is 1. The van der Waals surface area contributed by atoms with Crippen molar-refractivity contribution in [1.29, 1.82) is 0 Å². The number of hydrogen-bond acceptors (Lipinski definition) is 3. The molecular weight excluding hydrogens is 342 g/mol. The number of amides is 1. The van der Waals surface area contributed by atoms with E-state index < -0.39 is 0 Å². The summed E-state index contributed by atoms with van der Waals surface area (Å²) in [6.07, 6.45) is 0. The molecule has 1 N–H and O–H groups in total. The summed E-state index contributed by atoms with van der Waals surface area (Å²) in [5, 5.41) is 3.99. The second-order valence-corrected chi connectivity index (χ2v) is 6.43. The Bertz CT molecular complexity index is 495. The van der Waals surface area contributed by atoms with Gasteiger partial charge in [-0.2, -0.15) is 0 Å². The maximum Gasteiger partial charge on any atom is 0.240 e. The lowest BCUT2D eigenvalue weighted by atomic mass is 10.1. The van der Waals surface area contributed by atoms with E-state index in [0.717, 1.165) is 29.7 Å². The standard InChI is InChI=1S/C14H19BrClN3O/c1-18(2)14(20)13-8-17-5-6-19(13)9-10-3-4-12(16)11(15)7-10/h3-4,7,13,17H,5-6,8-9H2,1-2H3. The summed E-state index contributed by atoms with van der Waals surface area (Å²) < 4.78 is 0.891. The molecule has 0 bridgehead atoms. The van der Waals surface area contributed by atoms with Crippen molar-refractivity contribution in [1.82, 2.24) is 15.1 Å². The highest BCUT2D eigenvalue weighted by atomic mass is 79.9. The zero-order valence-corrected chi connectivity index (χ0v) is 14.0. The molecule has 0 aromatic heterocycles. The molecule has 1 aromatic rings. The van der Waals surface area contributed by atoms with E-state index in [1.165, 1.54) is 0 Å². The van der Waals surface area contributed by atoms with Gasteiger partial charge in [0, 0.05) is 44.7 Å². The molecule has 0 aliphatic carbocycles. The van der Waals surface area contributed by atoms with Crippen LogP contribution in [0.5, 0.6) is 0 Å². The third kappa shape index (κ3) is 3.73. The molecule has 1 saturated heterocycles. The molecule has 0 spiro atoms. The third-order valence-electron chi connectivity index (χ3n) is 3.45. The van der Waals surface area contributed by atoms with Crippen LogP contribution >= 0.6 is 27.5 Å². The molecule has 1 fully saturated rings. The molecule has 2 rings (SSSR count). The second-order valence-electron chi connectivity index (χ2n) is 5.17. The fourth-order valence-corrected chi connectivity index (χ4v) is 2.89. The summed E-state index contributed by atoms with van der Waals surface area (Å²) in [5.41, 5.74) is 1.15. The molecule has 0 radical (unpaired) electrons. The summed E-state index contributed by atoms with van der Waals surface area (Å²) >= 11 is 9.45. The van der Waals surface area contributed by atoms with Gasteiger partial charge in [-0.1, -0.05) is 17.7 Å². The molecule has 1 aliphatic heterocycles. The van der Waals surface area contributed by atoms with Crippen molar-refractivity contribution < 1.29 is 4.79 Å². The minimum atomic E-state index is -0.104. The Morgan fingerprint density at radius 1 is 1.55 bits per heavy atom. The zero-order chi connectivity index (χ0) is 14.7. The minimum absolute atomic E-state index is 0.104. The average Bonchev–Trinajstić information content (AvgIpc) is 2.42. The van der Waals surface area contributed by atoms with E-state index in [1.54, 1.807) is 19.0 Å². The zero-order valence-electron chi connectivity index (χ0n) is 11.7. The molecule has 4 nitrogen and oxygen atoms in total. The maximum atomic E-state index is 12.2. The quantitative estimate of drug-likeness (QED) is 0.895. The molecule has 1 heterocycles. The first-order chi connectivity index (χ1) is 9.49. The number of carbonyl (C=O) groups is 1. The number of nitrogens with zero attached hydrogens (tertiary/aromatic N) is 2. The van der Waals surface area contributed by atoms with E-state index in [0.29, 0.717) is 11.6 Å². The van der Waals surface area contributed by atoms with E-state index in [2.05, 4.69) is 26.1 Å². The fourth-order valence-electron chi connectivity index (χ4n) is 2.35. The Hall–Kier alpha value is -0.620. The number of halogens is 2. The first kappa shape index (κ1) is 15.8. The highest BCUT2D eigenvalue weighted by Crippen LogP contribution is 2.24. The number of carbonyl (C=O) groups excluding carboxylic acids is 1. The highest BCUT2D eigenvalue weighted by molar-refractivity contribution is 9.10. The Morgan fingerprint density at radius 3 is 2.95 bits per heavy atom. The van der Waals surface area contributed by atoms with Crippen molar-refractivity contribution in [3.05, 3.63) is 33.3 Å². The third-order valence-corrected chi connectivity index (χ3v) is 4.66. The number of likely N-dealkylation sites (N-methyl/N-ethyl adjacent to an activating group) is 1. The van der Waals surface area contributed by atoms with E-state index >= 15 is 0 Å². The molecule has 110 valence electrons. The predicted molar refractivity (Wildman–Crippen MR) is 84.9 cm³/mol. The molecule has 6 heteroatoms. The smallest absolute Gasteiger partial charge is 0.240 e. The first-order valence-corrected chi connectivity index (χ1v) is 7.76. The van der Waals surface area contributed by atoms with E-state index in [4.69, 9.17) is 11.6 Å². The van der Waals surface area contributed by atoms with Gasteiger partial charge in [-0.05, 0) is 33.6 Å². The largest absolute Gasteiger partial charge is 0.347 e. The molecular formula is C14H19BrClN3O. The van der Waals surface area contributed by atoms with Crippen LogP contribution < -0.4 is 5.32 Å². The first-order valence-electron chi connectivity index (χ1n) is 6.59. The highest BCUT2D eigenvalue weighted by Gasteiger charge is 2.29. The van der Waals surface area contributed by atoms with Crippen LogP contribution in [0, 0.1) is 0 Å². The van der Waals surface area contributed by atoms with E-state index in [1.807, 2.05) is 18.2 Å². The van der Waals surface area contributed by atoms with Crippen LogP contribution in [0.3, 0.4) is 0 Å². The second kappa shape index (κ2) is 6.89. The molecule has 20 heavy (non-hydrogen) atoms. The van der Waals surface area contributed by atoms with Crippen molar-refractivity contribution >= 4 is 33.4 Å². The van der Waals surface area contributed by atoms with E-state index in [-0.39, 0.29) is 11.9 Å². The topological polar surface area (TPSA) is 35.6 Å². The lowest BCUT2D eigenvalue weighted by molar-refractivity contribution is -0.135. The average molecular weight is 361 g/mol. The molecule has 1 amide bonds. The number of hydrogen-bond donors (Lipinski definition) is 1. The molecule has 1 unspecified atom stereocenters. The summed E-state index contributed by atoms with van der Waals surface area (Å²) in [6.45, 7) is 3.23. The van der Waals surface area contributed by atoms with Crippen molar-refractivity contribution in [3.8, 4) is 0 Å². The van der Waals surface area contributed by atoms with Crippen molar-refractivity contribution in [3.63, 3.8) is 0 Å². The number of benzene rings is 1. The summed E-state index contributed by atoms with van der Waals surface area (Å²) in [4.78, 5) is 16.1. The lowest BCUT2D eigenvalue weighted by Gasteiger charge is -2.36. The van der Waals surface area contributed by atoms with Crippen LogP contribution in [0.1, 0.15) is 5.56 Å². The summed E-state index contributed by atoms with van der Waals surface area (Å²) in [7, 11) is 3.60. The Morgan fingerprint density at radius 2 is 2.30 bits per heavy atom. The minimum Gasteiger partial charge on any atom is -0.347 e. The van der Waals surface area contributed by atoms with Crippen molar-refractivity contribution in [2.24, 2.45) is 0 Å². The van der Waals surface area contributed by atoms with Crippen LogP contribution in [-0.2, 0) is 11.3 Å². The lowest BCUT2D eigenvalue weighted by Crippen LogP contribution is -2.57. The van der Waals surface area contributed by atoms with Gasteiger partial charge in [0.1, 0.15) is 6.04 Å². The fraction of sp³-hybridized carbons (Fsp3) is 0.500. The molecule has 1 aliphatic rings. The van der Waals surface area contributed by atoms with Crippen LogP contribution in [-0.4, -0.2) is 55.5 Å². The summed E-state index contributed by atoms with van der Waals surface area (Å²) in [6, 6.07) is 5.80. The van der Waals surface area contributed by atoms with Gasteiger partial charge in [0.15, 0.2) is 0 Å². The maximum absolute atomic E-state index is 12.2. The van der Waals surface area contributed by atoms with Crippen molar-refractivity contribution in [2.75, 3.05) is 33.7 Å². The summed E-state index contributed by atoms with van der Waals surface area (Å²) in [5.74, 6) is 0.144. The Labute approximate surface area is 133 Å². The van der Waals surface area contributed by atoms with Gasteiger partial charge >= 0.3 is 0 Å². The number of nitrogens with one attached hydrogen (secondary N) is 1. The van der Waals surface area contributed by atoms with Crippen LogP contribution in [0.25, 0.3) is 0 Å². The molecule has 1 aromatic carbocycles. The SMILES string of the molecule is CN(C)C(=O)C1CNCCN1Cc1ccc(Cl)c(Br)c1. The van der Waals surface area contributed by atoms with Gasteiger partial charge in [0.2, 0.25) is 5.91 Å². The Balaban J connectivity index is 2.12. The van der Waals surface area contributed by atoms with Gasteiger partial charge in [-0.15, -0.1) is 0 Å².